The van der Waals surface area contributed by atoms with Crippen molar-refractivity contribution in [1.82, 2.24) is 4.90 Å². The second-order valence-electron chi connectivity index (χ2n) is 6.24. The van der Waals surface area contributed by atoms with E-state index < -0.39 is 40.0 Å². The van der Waals surface area contributed by atoms with Crippen LogP contribution in [-0.4, -0.2) is 51.5 Å². The molecule has 0 radical (unpaired) electrons. The number of amides is 1. The molecule has 0 spiro atoms. The summed E-state index contributed by atoms with van der Waals surface area (Å²) >= 11 is 1.42. The van der Waals surface area contributed by atoms with Crippen LogP contribution in [0.3, 0.4) is 0 Å². The summed E-state index contributed by atoms with van der Waals surface area (Å²) in [7, 11) is 5.42. The molecule has 1 aliphatic rings. The minimum Gasteiger partial charge on any atom is -0.496 e. The van der Waals surface area contributed by atoms with E-state index in [0.29, 0.717) is 34.6 Å². The van der Waals surface area contributed by atoms with E-state index in [2.05, 4.69) is 4.74 Å². The molecule has 0 aromatic heterocycles. The van der Waals surface area contributed by atoms with Gasteiger partial charge in [-0.05, 0) is 12.1 Å². The van der Waals surface area contributed by atoms with Crippen LogP contribution in [0.15, 0.2) is 18.2 Å². The standard InChI is InChI=1S/C20H20F3NO5S/c1-26-13-9-15(28-3)14(27-2)8-10(13)20-24(5-6-30-20)19(25)11-7-12(21)17(23)18(29-4)16(11)22/h7-9,20H,5-6H2,1-4H3. The van der Waals surface area contributed by atoms with Gasteiger partial charge in [0, 0.05) is 23.9 Å². The number of rotatable bonds is 6. The van der Waals surface area contributed by atoms with Crippen LogP contribution in [0.25, 0.3) is 0 Å². The van der Waals surface area contributed by atoms with Gasteiger partial charge in [0.1, 0.15) is 11.1 Å². The first-order chi connectivity index (χ1) is 14.4. The zero-order valence-electron chi connectivity index (χ0n) is 16.8. The molecule has 1 amide bonds. The van der Waals surface area contributed by atoms with Crippen molar-refractivity contribution in [3.8, 4) is 23.0 Å². The highest BCUT2D eigenvalue weighted by atomic mass is 32.2. The maximum atomic E-state index is 14.7. The van der Waals surface area contributed by atoms with Crippen molar-refractivity contribution in [3.63, 3.8) is 0 Å². The molecule has 0 N–H and O–H groups in total. The van der Waals surface area contributed by atoms with Crippen molar-refractivity contribution >= 4 is 17.7 Å². The summed E-state index contributed by atoms with van der Waals surface area (Å²) in [5.74, 6) is -3.99. The van der Waals surface area contributed by atoms with E-state index in [1.807, 2.05) is 0 Å². The van der Waals surface area contributed by atoms with Crippen LogP contribution >= 0.6 is 11.8 Å². The topological polar surface area (TPSA) is 57.2 Å². The highest BCUT2D eigenvalue weighted by Gasteiger charge is 2.36. The van der Waals surface area contributed by atoms with Gasteiger partial charge in [-0.1, -0.05) is 0 Å². The minimum absolute atomic E-state index is 0.270. The molecule has 2 aromatic carbocycles. The van der Waals surface area contributed by atoms with Crippen molar-refractivity contribution in [2.45, 2.75) is 5.37 Å². The maximum absolute atomic E-state index is 14.7. The molecular formula is C20H20F3NO5S. The zero-order valence-corrected chi connectivity index (χ0v) is 17.6. The molecule has 3 rings (SSSR count). The van der Waals surface area contributed by atoms with Gasteiger partial charge in [0.15, 0.2) is 28.9 Å². The molecule has 30 heavy (non-hydrogen) atoms. The molecule has 0 bridgehead atoms. The van der Waals surface area contributed by atoms with Gasteiger partial charge in [0.25, 0.3) is 5.91 Å². The molecule has 162 valence electrons. The number of carbonyl (C=O) groups excluding carboxylic acids is 1. The zero-order chi connectivity index (χ0) is 22.0. The third kappa shape index (κ3) is 3.71. The molecule has 2 aromatic rings. The summed E-state index contributed by atoms with van der Waals surface area (Å²) in [6.07, 6.45) is 0. The fourth-order valence-electron chi connectivity index (χ4n) is 3.25. The molecule has 1 heterocycles. The summed E-state index contributed by atoms with van der Waals surface area (Å²) in [4.78, 5) is 14.5. The third-order valence-electron chi connectivity index (χ3n) is 4.70. The Morgan fingerprint density at radius 1 is 0.933 bits per heavy atom. The third-order valence-corrected chi connectivity index (χ3v) is 5.95. The SMILES string of the molecule is COc1cc(OC)c(C2SCCN2C(=O)c2cc(F)c(F)c(OC)c2F)cc1OC. The van der Waals surface area contributed by atoms with Gasteiger partial charge < -0.3 is 23.8 Å². The number of carbonyl (C=O) groups is 1. The molecule has 0 aliphatic carbocycles. The number of halogens is 3. The largest absolute Gasteiger partial charge is 0.496 e. The van der Waals surface area contributed by atoms with Crippen molar-refractivity contribution in [2.75, 3.05) is 40.7 Å². The van der Waals surface area contributed by atoms with E-state index in [0.717, 1.165) is 7.11 Å². The van der Waals surface area contributed by atoms with Gasteiger partial charge in [-0.25, -0.2) is 8.78 Å². The number of hydrogen-bond acceptors (Lipinski definition) is 6. The van der Waals surface area contributed by atoms with Crippen LogP contribution in [-0.2, 0) is 0 Å². The van der Waals surface area contributed by atoms with E-state index in [-0.39, 0.29) is 6.54 Å². The lowest BCUT2D eigenvalue weighted by Gasteiger charge is -2.26. The summed E-state index contributed by atoms with van der Waals surface area (Å²) in [5, 5.41) is -0.564. The van der Waals surface area contributed by atoms with E-state index in [4.69, 9.17) is 14.2 Å². The average molecular weight is 443 g/mol. The predicted octanol–water partition coefficient (Wildman–Crippen LogP) is 4.03. The molecule has 1 fully saturated rings. The summed E-state index contributed by atoms with van der Waals surface area (Å²) in [6, 6.07) is 3.83. The molecule has 0 saturated carbocycles. The Bertz CT molecular complexity index is 972. The summed E-state index contributed by atoms with van der Waals surface area (Å²) in [5.41, 5.74) is -0.0151. The Morgan fingerprint density at radius 3 is 2.17 bits per heavy atom. The fraction of sp³-hybridized carbons (Fsp3) is 0.350. The van der Waals surface area contributed by atoms with Crippen LogP contribution in [0.4, 0.5) is 13.2 Å². The summed E-state index contributed by atoms with van der Waals surface area (Å²) < 4.78 is 63.0. The number of hydrogen-bond donors (Lipinski definition) is 0. The quantitative estimate of drug-likeness (QED) is 0.629. The predicted molar refractivity (Wildman–Crippen MR) is 105 cm³/mol. The number of methoxy groups -OCH3 is 4. The Hall–Kier alpha value is -2.75. The second kappa shape index (κ2) is 8.95. The van der Waals surface area contributed by atoms with Gasteiger partial charge in [-0.3, -0.25) is 4.79 Å². The normalized spacial score (nSPS) is 15.8. The maximum Gasteiger partial charge on any atom is 0.258 e. The lowest BCUT2D eigenvalue weighted by atomic mass is 10.1. The average Bonchev–Trinajstić information content (AvgIpc) is 3.24. The fourth-order valence-corrected chi connectivity index (χ4v) is 4.52. The van der Waals surface area contributed by atoms with Gasteiger partial charge in [0.05, 0.1) is 34.0 Å². The van der Waals surface area contributed by atoms with Gasteiger partial charge in [0.2, 0.25) is 5.82 Å². The number of nitrogens with zero attached hydrogens (tertiary/aromatic N) is 1. The molecule has 1 atom stereocenters. The van der Waals surface area contributed by atoms with E-state index in [9.17, 15) is 18.0 Å². The number of ether oxygens (including phenoxy) is 4. The Balaban J connectivity index is 2.05. The molecule has 10 heteroatoms. The van der Waals surface area contributed by atoms with Crippen LogP contribution in [0.2, 0.25) is 0 Å². The number of benzene rings is 2. The highest BCUT2D eigenvalue weighted by Crippen LogP contribution is 2.46. The molecule has 1 saturated heterocycles. The van der Waals surface area contributed by atoms with E-state index >= 15 is 0 Å². The minimum atomic E-state index is -1.49. The monoisotopic (exact) mass is 443 g/mol. The van der Waals surface area contributed by atoms with Crippen LogP contribution < -0.4 is 18.9 Å². The van der Waals surface area contributed by atoms with Crippen molar-refractivity contribution in [1.29, 1.82) is 0 Å². The summed E-state index contributed by atoms with van der Waals surface area (Å²) in [6.45, 7) is 0.270. The van der Waals surface area contributed by atoms with Crippen LogP contribution in [0, 0.1) is 17.5 Å². The van der Waals surface area contributed by atoms with Gasteiger partial charge in [-0.15, -0.1) is 11.8 Å². The number of thioether (sulfide) groups is 1. The molecular weight excluding hydrogens is 423 g/mol. The van der Waals surface area contributed by atoms with E-state index in [1.54, 1.807) is 12.1 Å². The smallest absolute Gasteiger partial charge is 0.258 e. The van der Waals surface area contributed by atoms with Gasteiger partial charge in [-0.2, -0.15) is 4.39 Å². The van der Waals surface area contributed by atoms with Gasteiger partial charge >= 0.3 is 0 Å². The van der Waals surface area contributed by atoms with Crippen molar-refractivity contribution in [2.24, 2.45) is 0 Å². The highest BCUT2D eigenvalue weighted by molar-refractivity contribution is 7.99. The van der Waals surface area contributed by atoms with Crippen molar-refractivity contribution in [3.05, 3.63) is 46.8 Å². The molecule has 1 unspecified atom stereocenters. The first-order valence-electron chi connectivity index (χ1n) is 8.81. The van der Waals surface area contributed by atoms with Crippen LogP contribution in [0.1, 0.15) is 21.3 Å². The Kier molecular flexibility index (Phi) is 6.55. The van der Waals surface area contributed by atoms with E-state index in [1.165, 1.54) is 38.0 Å². The Labute approximate surface area is 175 Å². The van der Waals surface area contributed by atoms with Crippen LogP contribution in [0.5, 0.6) is 23.0 Å². The molecule has 1 aliphatic heterocycles. The second-order valence-corrected chi connectivity index (χ2v) is 7.43. The first-order valence-corrected chi connectivity index (χ1v) is 9.86. The lowest BCUT2D eigenvalue weighted by Crippen LogP contribution is -2.31. The molecule has 6 nitrogen and oxygen atoms in total. The lowest BCUT2D eigenvalue weighted by molar-refractivity contribution is 0.0752. The van der Waals surface area contributed by atoms with Crippen molar-refractivity contribution < 1.29 is 36.9 Å². The Morgan fingerprint density at radius 2 is 1.57 bits per heavy atom. The first kappa shape index (κ1) is 21.9.